The van der Waals surface area contributed by atoms with Crippen LogP contribution in [0.15, 0.2) is 48.5 Å². The van der Waals surface area contributed by atoms with E-state index in [9.17, 15) is 14.7 Å². The highest BCUT2D eigenvalue weighted by Gasteiger charge is 2.39. The van der Waals surface area contributed by atoms with Gasteiger partial charge in [0, 0.05) is 5.92 Å². The lowest BCUT2D eigenvalue weighted by Crippen LogP contribution is -2.56. The quantitative estimate of drug-likeness (QED) is 0.851. The van der Waals surface area contributed by atoms with Crippen molar-refractivity contribution in [3.8, 4) is 11.1 Å². The third-order valence-corrected chi connectivity index (χ3v) is 5.30. The summed E-state index contributed by atoms with van der Waals surface area (Å²) < 4.78 is 5.42. The number of nitrogens with one attached hydrogen (secondary N) is 1. The van der Waals surface area contributed by atoms with Crippen LogP contribution in [0.25, 0.3) is 11.1 Å². The maximum Gasteiger partial charge on any atom is 0.408 e. The molecule has 3 rings (SSSR count). The first-order chi connectivity index (χ1) is 12.3. The molecule has 0 unspecified atom stereocenters. The second-order valence-corrected chi connectivity index (χ2v) is 7.11. The van der Waals surface area contributed by atoms with Gasteiger partial charge in [-0.25, -0.2) is 9.59 Å². The van der Waals surface area contributed by atoms with E-state index in [1.165, 1.54) is 6.92 Å². The number of aliphatic carboxylic acids is 1. The van der Waals surface area contributed by atoms with Gasteiger partial charge in [0.1, 0.15) is 12.1 Å². The van der Waals surface area contributed by atoms with Crippen molar-refractivity contribution in [2.45, 2.75) is 32.2 Å². The van der Waals surface area contributed by atoms with Gasteiger partial charge >= 0.3 is 12.1 Å². The summed E-state index contributed by atoms with van der Waals surface area (Å²) in [6.45, 7) is 5.14. The number of benzene rings is 2. The molecule has 0 saturated carbocycles. The molecule has 0 saturated heterocycles. The predicted molar refractivity (Wildman–Crippen MR) is 99.1 cm³/mol. The Morgan fingerprint density at radius 1 is 1.08 bits per heavy atom. The van der Waals surface area contributed by atoms with Crippen LogP contribution in [0.3, 0.4) is 0 Å². The van der Waals surface area contributed by atoms with Crippen molar-refractivity contribution >= 4 is 12.1 Å². The van der Waals surface area contributed by atoms with Gasteiger partial charge in [0.05, 0.1) is 0 Å². The van der Waals surface area contributed by atoms with Gasteiger partial charge in [0.15, 0.2) is 0 Å². The molecule has 0 heterocycles. The van der Waals surface area contributed by atoms with Crippen molar-refractivity contribution in [2.75, 3.05) is 6.61 Å². The molecule has 1 amide bonds. The van der Waals surface area contributed by atoms with Crippen LogP contribution in [0.4, 0.5) is 4.79 Å². The summed E-state index contributed by atoms with van der Waals surface area (Å²) in [6.07, 6.45) is -0.717. The van der Waals surface area contributed by atoms with Gasteiger partial charge in [0.25, 0.3) is 0 Å². The van der Waals surface area contributed by atoms with Crippen molar-refractivity contribution in [1.29, 1.82) is 0 Å². The molecule has 0 fully saturated rings. The van der Waals surface area contributed by atoms with Gasteiger partial charge in [-0.2, -0.15) is 0 Å². The summed E-state index contributed by atoms with van der Waals surface area (Å²) in [7, 11) is 0. The molecule has 0 bridgehead atoms. The molecule has 2 N–H and O–H groups in total. The molecular formula is C21H23NO4. The summed E-state index contributed by atoms with van der Waals surface area (Å²) in [6, 6.07) is 16.1. The molecule has 1 atom stereocenters. The number of alkyl carbamates (subject to hydrolysis) is 1. The van der Waals surface area contributed by atoms with Crippen molar-refractivity contribution in [1.82, 2.24) is 5.32 Å². The van der Waals surface area contributed by atoms with Gasteiger partial charge in [0.2, 0.25) is 0 Å². The highest BCUT2D eigenvalue weighted by Crippen LogP contribution is 2.44. The maximum absolute atomic E-state index is 12.3. The summed E-state index contributed by atoms with van der Waals surface area (Å²) in [4.78, 5) is 23.8. The highest BCUT2D eigenvalue weighted by molar-refractivity contribution is 5.84. The fourth-order valence-corrected chi connectivity index (χ4v) is 3.29. The lowest BCUT2D eigenvalue weighted by Gasteiger charge is -2.29. The van der Waals surface area contributed by atoms with Gasteiger partial charge in [-0.1, -0.05) is 62.4 Å². The van der Waals surface area contributed by atoms with E-state index in [0.717, 1.165) is 22.3 Å². The Morgan fingerprint density at radius 3 is 2.04 bits per heavy atom. The van der Waals surface area contributed by atoms with Crippen molar-refractivity contribution < 1.29 is 19.4 Å². The minimum absolute atomic E-state index is 0.0525. The molecule has 0 aliphatic heterocycles. The number of fused-ring (bicyclic) bond motifs is 3. The summed E-state index contributed by atoms with van der Waals surface area (Å²) in [5.74, 6) is -1.41. The Hall–Kier alpha value is -2.82. The zero-order valence-electron chi connectivity index (χ0n) is 15.2. The lowest BCUT2D eigenvalue weighted by molar-refractivity contribution is -0.145. The average molecular weight is 353 g/mol. The first kappa shape index (κ1) is 18.0. The second kappa shape index (κ2) is 6.83. The number of ether oxygens (including phenoxy) is 1. The van der Waals surface area contributed by atoms with E-state index < -0.39 is 17.6 Å². The predicted octanol–water partition coefficient (Wildman–Crippen LogP) is 4.02. The van der Waals surface area contributed by atoms with Crippen LogP contribution in [0.5, 0.6) is 0 Å². The van der Waals surface area contributed by atoms with Crippen molar-refractivity contribution in [3.05, 3.63) is 59.7 Å². The van der Waals surface area contributed by atoms with Crippen LogP contribution in [0.2, 0.25) is 0 Å². The molecule has 2 aromatic carbocycles. The van der Waals surface area contributed by atoms with Gasteiger partial charge in [-0.15, -0.1) is 0 Å². The fourth-order valence-electron chi connectivity index (χ4n) is 3.29. The fraction of sp³-hybridized carbons (Fsp3) is 0.333. The number of rotatable bonds is 5. The third-order valence-electron chi connectivity index (χ3n) is 5.30. The van der Waals surface area contributed by atoms with E-state index in [2.05, 4.69) is 17.4 Å². The molecular weight excluding hydrogens is 330 g/mol. The minimum atomic E-state index is -1.37. The summed E-state index contributed by atoms with van der Waals surface area (Å²) >= 11 is 0. The standard InChI is InChI=1S/C21H23NO4/c1-13(2)21(3,19(23)24)22-20(25)26-12-18-16-10-6-4-8-14(16)15-9-5-7-11-17(15)18/h4-11,13,18H,12H2,1-3H3,(H,22,25)(H,23,24)/t21-/m1/s1. The Kier molecular flexibility index (Phi) is 4.72. The van der Waals surface area contributed by atoms with Crippen LogP contribution in [-0.4, -0.2) is 29.3 Å². The molecule has 0 spiro atoms. The van der Waals surface area contributed by atoms with Gasteiger partial charge < -0.3 is 15.2 Å². The molecule has 26 heavy (non-hydrogen) atoms. The van der Waals surface area contributed by atoms with Crippen LogP contribution >= 0.6 is 0 Å². The van der Waals surface area contributed by atoms with E-state index in [4.69, 9.17) is 4.74 Å². The van der Waals surface area contributed by atoms with Crippen molar-refractivity contribution in [3.63, 3.8) is 0 Å². The summed E-state index contributed by atoms with van der Waals surface area (Å²) in [5, 5.41) is 11.9. The van der Waals surface area contributed by atoms with Crippen LogP contribution < -0.4 is 5.32 Å². The molecule has 5 heteroatoms. The Bertz CT molecular complexity index is 800. The number of carbonyl (C=O) groups excluding carboxylic acids is 1. The molecule has 2 aromatic rings. The zero-order chi connectivity index (χ0) is 18.9. The van der Waals surface area contributed by atoms with Crippen LogP contribution in [0, 0.1) is 5.92 Å². The number of amides is 1. The molecule has 0 radical (unpaired) electrons. The first-order valence-corrected chi connectivity index (χ1v) is 8.71. The van der Waals surface area contributed by atoms with E-state index in [1.807, 2.05) is 36.4 Å². The molecule has 5 nitrogen and oxygen atoms in total. The third kappa shape index (κ3) is 3.05. The monoisotopic (exact) mass is 353 g/mol. The highest BCUT2D eigenvalue weighted by atomic mass is 16.5. The SMILES string of the molecule is CC(C)[C@@](C)(NC(=O)OCC1c2ccccc2-c2ccccc21)C(=O)O. The van der Waals surface area contributed by atoms with Crippen LogP contribution in [0.1, 0.15) is 37.8 Å². The Labute approximate surface area is 153 Å². The number of hydrogen-bond acceptors (Lipinski definition) is 3. The number of carbonyl (C=O) groups is 2. The molecule has 0 aromatic heterocycles. The maximum atomic E-state index is 12.3. The lowest BCUT2D eigenvalue weighted by atomic mass is 9.89. The topological polar surface area (TPSA) is 75.6 Å². The van der Waals surface area contributed by atoms with Gasteiger partial charge in [-0.05, 0) is 35.1 Å². The average Bonchev–Trinajstić information content (AvgIpc) is 2.93. The molecule has 136 valence electrons. The largest absolute Gasteiger partial charge is 0.480 e. The van der Waals surface area contributed by atoms with Crippen molar-refractivity contribution in [2.24, 2.45) is 5.92 Å². The second-order valence-electron chi connectivity index (χ2n) is 7.11. The van der Waals surface area contributed by atoms with E-state index in [0.29, 0.717) is 0 Å². The van der Waals surface area contributed by atoms with Gasteiger partial charge in [-0.3, -0.25) is 0 Å². The Morgan fingerprint density at radius 2 is 1.58 bits per heavy atom. The zero-order valence-corrected chi connectivity index (χ0v) is 15.2. The number of carboxylic acid groups (broad SMARTS) is 1. The minimum Gasteiger partial charge on any atom is -0.480 e. The molecule has 1 aliphatic rings. The Balaban J connectivity index is 1.76. The van der Waals surface area contributed by atoms with E-state index in [-0.39, 0.29) is 18.4 Å². The first-order valence-electron chi connectivity index (χ1n) is 8.71. The smallest absolute Gasteiger partial charge is 0.408 e. The number of hydrogen-bond donors (Lipinski definition) is 2. The summed E-state index contributed by atoms with van der Waals surface area (Å²) in [5.41, 5.74) is 3.16. The molecule has 1 aliphatic carbocycles. The normalized spacial score (nSPS) is 15.1. The van der Waals surface area contributed by atoms with Crippen LogP contribution in [-0.2, 0) is 9.53 Å². The van der Waals surface area contributed by atoms with E-state index in [1.54, 1.807) is 13.8 Å². The number of carboxylic acids is 1. The van der Waals surface area contributed by atoms with E-state index >= 15 is 0 Å².